The van der Waals surface area contributed by atoms with E-state index >= 15 is 0 Å². The van der Waals surface area contributed by atoms with Crippen LogP contribution in [0.25, 0.3) is 0 Å². The Labute approximate surface area is 117 Å². The fourth-order valence-corrected chi connectivity index (χ4v) is 1.46. The van der Waals surface area contributed by atoms with Gasteiger partial charge in [0.05, 0.1) is 15.1 Å². The third-order valence-electron chi connectivity index (χ3n) is 1.09. The molecule has 0 spiro atoms. The number of halogens is 4. The molecule has 2 nitrogen and oxygen atoms in total. The monoisotopic (exact) mass is 271 g/mol. The van der Waals surface area contributed by atoms with Crippen LogP contribution in [0.5, 0.6) is 5.75 Å². The van der Waals surface area contributed by atoms with Crippen LogP contribution in [0.3, 0.4) is 0 Å². The molecular formula is C6H4Cl4NaO2. The molecule has 0 saturated carbocycles. The van der Waals surface area contributed by atoms with Gasteiger partial charge in [-0.2, -0.15) is 0 Å². The smallest absolute Gasteiger partial charge is 0.154 e. The molecule has 1 radical (unpaired) electrons. The van der Waals surface area contributed by atoms with Gasteiger partial charge in [-0.15, -0.1) is 0 Å². The van der Waals surface area contributed by atoms with Crippen molar-refractivity contribution in [1.82, 2.24) is 0 Å². The summed E-state index contributed by atoms with van der Waals surface area (Å²) < 4.78 is 0. The number of rotatable bonds is 0. The molecule has 0 unspecified atom stereocenters. The quantitative estimate of drug-likeness (QED) is 0.441. The zero-order valence-electron chi connectivity index (χ0n) is 6.54. The van der Waals surface area contributed by atoms with E-state index in [-0.39, 0.29) is 60.9 Å². The number of aromatic hydroxyl groups is 1. The first-order valence-electron chi connectivity index (χ1n) is 2.56. The number of benzene rings is 1. The van der Waals surface area contributed by atoms with E-state index in [1.54, 1.807) is 0 Å². The van der Waals surface area contributed by atoms with Crippen LogP contribution in [-0.4, -0.2) is 40.1 Å². The number of hydrogen-bond acceptors (Lipinski definition) is 1. The summed E-state index contributed by atoms with van der Waals surface area (Å²) in [5, 5.41) is 9.50. The summed E-state index contributed by atoms with van der Waals surface area (Å²) >= 11 is 22.2. The molecule has 0 bridgehead atoms. The number of phenols is 1. The van der Waals surface area contributed by atoms with Crippen molar-refractivity contribution in [3.8, 4) is 5.75 Å². The molecule has 0 heterocycles. The standard InChI is InChI=1S/C6H2Cl4O.Na.H2O/c7-2-1-3(8)6(11)5(10)4(2)9;;/h1,11H;;1H2. The SMILES string of the molecule is O.Oc1c(Cl)cc(Cl)c(Cl)c1Cl.[Na]. The molecule has 0 saturated heterocycles. The zero-order chi connectivity index (χ0) is 8.59. The van der Waals surface area contributed by atoms with Gasteiger partial charge in [0.15, 0.2) is 5.75 Å². The first-order valence-corrected chi connectivity index (χ1v) is 4.07. The summed E-state index contributed by atoms with van der Waals surface area (Å²) in [5.74, 6) is -0.247. The second kappa shape index (κ2) is 6.59. The van der Waals surface area contributed by atoms with E-state index in [4.69, 9.17) is 51.5 Å². The summed E-state index contributed by atoms with van der Waals surface area (Å²) in [6.07, 6.45) is 0. The van der Waals surface area contributed by atoms with Crippen LogP contribution in [0.1, 0.15) is 0 Å². The van der Waals surface area contributed by atoms with Crippen molar-refractivity contribution in [3.05, 3.63) is 26.2 Å². The van der Waals surface area contributed by atoms with E-state index in [9.17, 15) is 0 Å². The van der Waals surface area contributed by atoms with Gasteiger partial charge in [-0.3, -0.25) is 0 Å². The Morgan fingerprint density at radius 2 is 1.38 bits per heavy atom. The Balaban J connectivity index is 0. The summed E-state index contributed by atoms with van der Waals surface area (Å²) in [6, 6.07) is 1.33. The molecule has 0 aliphatic rings. The Bertz CT molecular complexity index is 279. The molecule has 0 atom stereocenters. The Kier molecular flexibility index (Phi) is 8.40. The molecule has 0 amide bonds. The van der Waals surface area contributed by atoms with Gasteiger partial charge < -0.3 is 10.6 Å². The zero-order valence-corrected chi connectivity index (χ0v) is 11.6. The van der Waals surface area contributed by atoms with E-state index in [0.717, 1.165) is 0 Å². The largest absolute Gasteiger partial charge is 0.505 e. The minimum atomic E-state index is -0.247. The van der Waals surface area contributed by atoms with E-state index < -0.39 is 0 Å². The predicted octanol–water partition coefficient (Wildman–Crippen LogP) is 2.80. The van der Waals surface area contributed by atoms with Crippen molar-refractivity contribution in [2.45, 2.75) is 0 Å². The normalized spacial score (nSPS) is 8.62. The maximum Gasteiger partial charge on any atom is 0.154 e. The molecule has 3 N–H and O–H groups in total. The van der Waals surface area contributed by atoms with Crippen molar-refractivity contribution >= 4 is 76.0 Å². The molecule has 0 aliphatic carbocycles. The minimum absolute atomic E-state index is 0. The van der Waals surface area contributed by atoms with Gasteiger partial charge in [0.1, 0.15) is 5.02 Å². The van der Waals surface area contributed by atoms with Crippen molar-refractivity contribution in [3.63, 3.8) is 0 Å². The van der Waals surface area contributed by atoms with Crippen LogP contribution >= 0.6 is 46.4 Å². The third kappa shape index (κ3) is 3.65. The maximum absolute atomic E-state index is 9.10. The topological polar surface area (TPSA) is 51.7 Å². The Hall–Kier alpha value is 1.14. The van der Waals surface area contributed by atoms with Gasteiger partial charge in [-0.1, -0.05) is 46.4 Å². The third-order valence-corrected chi connectivity index (χ3v) is 2.63. The van der Waals surface area contributed by atoms with Crippen molar-refractivity contribution in [1.29, 1.82) is 0 Å². The Morgan fingerprint density at radius 1 is 0.923 bits per heavy atom. The fraction of sp³-hybridized carbons (Fsp3) is 0. The molecule has 7 heteroatoms. The second-order valence-corrected chi connectivity index (χ2v) is 3.39. The van der Waals surface area contributed by atoms with Gasteiger partial charge in [-0.25, -0.2) is 0 Å². The van der Waals surface area contributed by atoms with Crippen molar-refractivity contribution in [2.75, 3.05) is 0 Å². The van der Waals surface area contributed by atoms with Crippen LogP contribution < -0.4 is 0 Å². The number of hydrogen-bond donors (Lipinski definition) is 1. The van der Waals surface area contributed by atoms with Gasteiger partial charge in [0.25, 0.3) is 0 Å². The van der Waals surface area contributed by atoms with E-state index in [1.165, 1.54) is 6.07 Å². The summed E-state index contributed by atoms with van der Waals surface area (Å²) in [6.45, 7) is 0. The van der Waals surface area contributed by atoms with Gasteiger partial charge >= 0.3 is 0 Å². The first kappa shape index (κ1) is 16.6. The molecule has 0 aliphatic heterocycles. The van der Waals surface area contributed by atoms with Crippen LogP contribution in [0.2, 0.25) is 20.1 Å². The molecule has 0 fully saturated rings. The van der Waals surface area contributed by atoms with Crippen LogP contribution in [0, 0.1) is 0 Å². The van der Waals surface area contributed by atoms with Gasteiger partial charge in [0, 0.05) is 29.6 Å². The minimum Gasteiger partial charge on any atom is -0.505 e. The van der Waals surface area contributed by atoms with Crippen molar-refractivity contribution in [2.24, 2.45) is 0 Å². The molecule has 0 aromatic heterocycles. The summed E-state index contributed by atoms with van der Waals surface area (Å²) in [7, 11) is 0. The van der Waals surface area contributed by atoms with Gasteiger partial charge in [0.2, 0.25) is 0 Å². The fourth-order valence-electron chi connectivity index (χ4n) is 0.557. The van der Waals surface area contributed by atoms with Crippen LogP contribution in [0.15, 0.2) is 6.07 Å². The van der Waals surface area contributed by atoms with E-state index in [1.807, 2.05) is 0 Å². The predicted molar refractivity (Wildman–Crippen MR) is 57.5 cm³/mol. The van der Waals surface area contributed by atoms with Crippen LogP contribution in [-0.2, 0) is 0 Å². The van der Waals surface area contributed by atoms with Gasteiger partial charge in [-0.05, 0) is 6.07 Å². The molecule has 1 rings (SSSR count). The number of phenolic OH excluding ortho intramolecular Hbond substituents is 1. The molecule has 1 aromatic carbocycles. The summed E-state index contributed by atoms with van der Waals surface area (Å²) in [4.78, 5) is 0. The van der Waals surface area contributed by atoms with E-state index in [0.29, 0.717) is 0 Å². The van der Waals surface area contributed by atoms with Crippen LogP contribution in [0.4, 0.5) is 0 Å². The molecule has 13 heavy (non-hydrogen) atoms. The molecule has 1 aromatic rings. The average Bonchev–Trinajstić information content (AvgIpc) is 1.97. The second-order valence-electron chi connectivity index (χ2n) is 1.82. The summed E-state index contributed by atoms with van der Waals surface area (Å²) in [5.41, 5.74) is 0. The van der Waals surface area contributed by atoms with Crippen molar-refractivity contribution < 1.29 is 10.6 Å². The molecular weight excluding hydrogens is 269 g/mol. The first-order chi connectivity index (χ1) is 5.04. The maximum atomic E-state index is 9.10. The van der Waals surface area contributed by atoms with E-state index in [2.05, 4.69) is 0 Å². The molecule has 69 valence electrons. The average molecular weight is 273 g/mol. The Morgan fingerprint density at radius 3 is 1.85 bits per heavy atom.